The fraction of sp³-hybridized carbons (Fsp3) is 0.364. The minimum atomic E-state index is -0.0286. The van der Waals surface area contributed by atoms with E-state index in [0.29, 0.717) is 19.0 Å². The molecule has 0 spiro atoms. The van der Waals surface area contributed by atoms with Gasteiger partial charge in [0.05, 0.1) is 17.7 Å². The zero-order valence-electron chi connectivity index (χ0n) is 16.4. The third kappa shape index (κ3) is 4.96. The Morgan fingerprint density at radius 2 is 1.93 bits per heavy atom. The highest BCUT2D eigenvalue weighted by Gasteiger charge is 2.30. The summed E-state index contributed by atoms with van der Waals surface area (Å²) in [6, 6.07) is 13.3. The topological polar surface area (TPSA) is 55.7 Å². The summed E-state index contributed by atoms with van der Waals surface area (Å²) < 4.78 is 0. The molecule has 28 heavy (non-hydrogen) atoms. The Kier molecular flexibility index (Phi) is 6.81. The number of aliphatic hydroxyl groups excluding tert-OH is 1. The van der Waals surface area contributed by atoms with Crippen LogP contribution >= 0.6 is 23.4 Å². The second kappa shape index (κ2) is 9.12. The lowest BCUT2D eigenvalue weighted by atomic mass is 10.1. The summed E-state index contributed by atoms with van der Waals surface area (Å²) in [5, 5.41) is 24.9. The Bertz CT molecular complexity index is 832. The van der Waals surface area contributed by atoms with Gasteiger partial charge in [0.2, 0.25) is 0 Å². The lowest BCUT2D eigenvalue weighted by Gasteiger charge is -2.41. The quantitative estimate of drug-likeness (QED) is 0.632. The highest BCUT2D eigenvalue weighted by molar-refractivity contribution is 8.03. The van der Waals surface area contributed by atoms with Gasteiger partial charge in [-0.25, -0.2) is 0 Å². The summed E-state index contributed by atoms with van der Waals surface area (Å²) in [5.74, 6) is 0.579. The maximum Gasteiger partial charge on any atom is 0.115 e. The van der Waals surface area contributed by atoms with Gasteiger partial charge in [-0.2, -0.15) is 0 Å². The molecule has 0 fully saturated rings. The molecule has 6 heteroatoms. The molecule has 0 aliphatic carbocycles. The van der Waals surface area contributed by atoms with Crippen molar-refractivity contribution in [2.45, 2.75) is 38.3 Å². The molecule has 3 N–H and O–H groups in total. The number of aryl methyl sites for hydroxylation is 1. The first-order chi connectivity index (χ1) is 13.4. The summed E-state index contributed by atoms with van der Waals surface area (Å²) in [4.78, 5) is 3.34. The van der Waals surface area contributed by atoms with E-state index in [9.17, 15) is 10.2 Å². The maximum atomic E-state index is 10.0. The van der Waals surface area contributed by atoms with Crippen LogP contribution in [0.3, 0.4) is 0 Å². The van der Waals surface area contributed by atoms with Crippen LogP contribution in [0.1, 0.15) is 25.0 Å². The second-order valence-corrected chi connectivity index (χ2v) is 8.95. The third-order valence-corrected chi connectivity index (χ3v) is 6.11. The molecule has 1 unspecified atom stereocenters. The highest BCUT2D eigenvalue weighted by atomic mass is 35.5. The van der Waals surface area contributed by atoms with Crippen molar-refractivity contribution in [3.05, 3.63) is 69.3 Å². The molecule has 1 aliphatic heterocycles. The number of thioether (sulfide) groups is 1. The molecular formula is C22H27ClN2O2S. The number of hydrogen-bond donors (Lipinski definition) is 3. The van der Waals surface area contributed by atoms with E-state index in [2.05, 4.69) is 30.1 Å². The van der Waals surface area contributed by atoms with E-state index in [-0.39, 0.29) is 18.4 Å². The Hall–Kier alpha value is -1.82. The van der Waals surface area contributed by atoms with Gasteiger partial charge in [-0.05, 0) is 54.3 Å². The van der Waals surface area contributed by atoms with Gasteiger partial charge in [-0.15, -0.1) is 0 Å². The normalized spacial score (nSPS) is 17.2. The van der Waals surface area contributed by atoms with Crippen LogP contribution in [0.2, 0.25) is 5.02 Å². The number of phenols is 1. The van der Waals surface area contributed by atoms with Gasteiger partial charge in [-0.3, -0.25) is 0 Å². The molecule has 0 saturated heterocycles. The highest BCUT2D eigenvalue weighted by Crippen LogP contribution is 2.38. The largest absolute Gasteiger partial charge is 0.508 e. The van der Waals surface area contributed by atoms with Gasteiger partial charge in [0.1, 0.15) is 5.75 Å². The van der Waals surface area contributed by atoms with Gasteiger partial charge in [0.15, 0.2) is 0 Å². The molecule has 0 bridgehead atoms. The third-order valence-electron chi connectivity index (χ3n) is 4.77. The summed E-state index contributed by atoms with van der Waals surface area (Å²) in [5.41, 5.74) is 3.38. The average molecular weight is 419 g/mol. The van der Waals surface area contributed by atoms with Crippen LogP contribution in [0.5, 0.6) is 5.75 Å². The monoisotopic (exact) mass is 418 g/mol. The maximum absolute atomic E-state index is 10.0. The smallest absolute Gasteiger partial charge is 0.115 e. The van der Waals surface area contributed by atoms with E-state index < -0.39 is 0 Å². The number of aliphatic hydroxyl groups is 1. The molecule has 0 radical (unpaired) electrons. The van der Waals surface area contributed by atoms with Crippen LogP contribution in [-0.4, -0.2) is 34.3 Å². The van der Waals surface area contributed by atoms with Crippen LogP contribution in [0.4, 0.5) is 0 Å². The predicted molar refractivity (Wildman–Crippen MR) is 116 cm³/mol. The lowest BCUT2D eigenvalue weighted by Crippen LogP contribution is -2.49. The average Bonchev–Trinajstić information content (AvgIpc) is 2.63. The fourth-order valence-corrected chi connectivity index (χ4v) is 5.09. The second-order valence-electron chi connectivity index (χ2n) is 7.45. The van der Waals surface area contributed by atoms with Crippen molar-refractivity contribution in [3.63, 3.8) is 0 Å². The van der Waals surface area contributed by atoms with Crippen molar-refractivity contribution >= 4 is 23.4 Å². The van der Waals surface area contributed by atoms with Crippen molar-refractivity contribution in [1.29, 1.82) is 0 Å². The summed E-state index contributed by atoms with van der Waals surface area (Å²) in [6.45, 7) is 7.80. The number of benzene rings is 2. The molecule has 4 nitrogen and oxygen atoms in total. The predicted octanol–water partition coefficient (Wildman–Crippen LogP) is 4.74. The van der Waals surface area contributed by atoms with Gasteiger partial charge in [-0.1, -0.05) is 49.3 Å². The van der Waals surface area contributed by atoms with E-state index in [0.717, 1.165) is 26.1 Å². The van der Waals surface area contributed by atoms with Crippen LogP contribution < -0.4 is 5.32 Å². The molecule has 0 amide bonds. The first kappa shape index (κ1) is 20.9. The van der Waals surface area contributed by atoms with Crippen molar-refractivity contribution < 1.29 is 10.2 Å². The molecule has 150 valence electrons. The Morgan fingerprint density at radius 3 is 2.54 bits per heavy atom. The number of rotatable bonds is 6. The molecule has 1 atom stereocenters. The van der Waals surface area contributed by atoms with Gasteiger partial charge in [0.25, 0.3) is 0 Å². The van der Waals surface area contributed by atoms with Crippen molar-refractivity contribution in [2.24, 2.45) is 5.92 Å². The number of aromatic hydroxyl groups is 1. The molecule has 3 rings (SSSR count). The van der Waals surface area contributed by atoms with Crippen LogP contribution in [0.25, 0.3) is 0 Å². The Morgan fingerprint density at radius 1 is 1.21 bits per heavy atom. The molecule has 0 saturated carbocycles. The fourth-order valence-electron chi connectivity index (χ4n) is 3.33. The lowest BCUT2D eigenvalue weighted by molar-refractivity contribution is 0.142. The van der Waals surface area contributed by atoms with Crippen molar-refractivity contribution in [3.8, 4) is 5.75 Å². The zero-order chi connectivity index (χ0) is 20.3. The van der Waals surface area contributed by atoms with E-state index in [4.69, 9.17) is 11.6 Å². The molecule has 0 aromatic heterocycles. The van der Waals surface area contributed by atoms with E-state index in [1.54, 1.807) is 23.9 Å². The molecule has 2 aromatic carbocycles. The molecule has 1 heterocycles. The number of nitrogens with zero attached hydrogens (tertiary/aromatic N) is 1. The number of nitrogens with one attached hydrogen (secondary N) is 1. The Labute approximate surface area is 176 Å². The van der Waals surface area contributed by atoms with E-state index in [1.165, 1.54) is 5.70 Å². The summed E-state index contributed by atoms with van der Waals surface area (Å²) >= 11 is 7.96. The SMILES string of the molecule is Cc1cc(Cl)cc(SC2=C(C(C)C)NCC(CO)N2Cc2ccc(O)cc2)c1. The van der Waals surface area contributed by atoms with Gasteiger partial charge >= 0.3 is 0 Å². The minimum Gasteiger partial charge on any atom is -0.508 e. The van der Waals surface area contributed by atoms with Crippen LogP contribution in [0.15, 0.2) is 58.1 Å². The van der Waals surface area contributed by atoms with Crippen LogP contribution in [0, 0.1) is 12.8 Å². The van der Waals surface area contributed by atoms with E-state index >= 15 is 0 Å². The minimum absolute atomic E-state index is 0.0286. The Balaban J connectivity index is 1.99. The van der Waals surface area contributed by atoms with Crippen molar-refractivity contribution in [1.82, 2.24) is 10.2 Å². The number of halogens is 1. The standard InChI is InChI=1S/C22H27ClN2O2S/c1-14(2)21-22(28-20-9-15(3)8-17(23)10-20)25(18(13-26)11-24-21)12-16-4-6-19(27)7-5-16/h4-10,14,18,24,26-27H,11-13H2,1-3H3. The van der Waals surface area contributed by atoms with Crippen molar-refractivity contribution in [2.75, 3.05) is 13.2 Å². The van der Waals surface area contributed by atoms with E-state index in [1.807, 2.05) is 31.2 Å². The number of phenolic OH excluding ortho intramolecular Hbond substituents is 1. The first-order valence-electron chi connectivity index (χ1n) is 9.46. The summed E-state index contributed by atoms with van der Waals surface area (Å²) in [7, 11) is 0. The molecule has 2 aromatic rings. The van der Waals surface area contributed by atoms with Gasteiger partial charge < -0.3 is 20.4 Å². The summed E-state index contributed by atoms with van der Waals surface area (Å²) in [6.07, 6.45) is 0. The van der Waals surface area contributed by atoms with Gasteiger partial charge in [0, 0.05) is 28.7 Å². The number of allylic oxidation sites excluding steroid dienone is 1. The van der Waals surface area contributed by atoms with Crippen LogP contribution in [-0.2, 0) is 6.54 Å². The first-order valence-corrected chi connectivity index (χ1v) is 10.6. The zero-order valence-corrected chi connectivity index (χ0v) is 18.0. The number of hydrogen-bond acceptors (Lipinski definition) is 5. The molecular weight excluding hydrogens is 392 g/mol. The molecule has 1 aliphatic rings.